The number of rotatable bonds is 7. The number of carbonyl (C=O) groups is 1. The van der Waals surface area contributed by atoms with Crippen molar-refractivity contribution >= 4 is 5.91 Å². The van der Waals surface area contributed by atoms with Gasteiger partial charge in [-0.1, -0.05) is 13.8 Å². The molecule has 2 aliphatic rings. The first-order chi connectivity index (χ1) is 10.1. The zero-order chi connectivity index (χ0) is 15.1. The third kappa shape index (κ3) is 5.93. The standard InChI is InChI=1S/C16H29NO4/c1-13(2)10-21-14-5-7-17(8-6-14)16(18)12-19-11-15-4-3-9-20-15/h13-15H,3-12H2,1-2H3. The van der Waals surface area contributed by atoms with Crippen molar-refractivity contribution in [3.8, 4) is 0 Å². The van der Waals surface area contributed by atoms with Crippen LogP contribution >= 0.6 is 0 Å². The molecule has 0 saturated carbocycles. The Balaban J connectivity index is 1.56. The van der Waals surface area contributed by atoms with Crippen LogP contribution in [0.4, 0.5) is 0 Å². The summed E-state index contributed by atoms with van der Waals surface area (Å²) < 4.78 is 16.8. The molecule has 2 saturated heterocycles. The van der Waals surface area contributed by atoms with Crippen molar-refractivity contribution in [2.45, 2.75) is 51.7 Å². The van der Waals surface area contributed by atoms with Gasteiger partial charge in [0.1, 0.15) is 6.61 Å². The van der Waals surface area contributed by atoms with Crippen molar-refractivity contribution in [1.29, 1.82) is 0 Å². The fourth-order valence-electron chi connectivity index (χ4n) is 2.75. The molecule has 0 aromatic carbocycles. The third-order valence-corrected chi connectivity index (χ3v) is 4.01. The molecular formula is C16H29NO4. The summed E-state index contributed by atoms with van der Waals surface area (Å²) in [5, 5.41) is 0. The molecule has 122 valence electrons. The van der Waals surface area contributed by atoms with Crippen molar-refractivity contribution in [3.05, 3.63) is 0 Å². The lowest BCUT2D eigenvalue weighted by Crippen LogP contribution is -2.43. The third-order valence-electron chi connectivity index (χ3n) is 4.01. The molecule has 5 heteroatoms. The van der Waals surface area contributed by atoms with E-state index in [1.54, 1.807) is 0 Å². The predicted molar refractivity (Wildman–Crippen MR) is 80.2 cm³/mol. The van der Waals surface area contributed by atoms with E-state index in [4.69, 9.17) is 14.2 Å². The number of hydrogen-bond acceptors (Lipinski definition) is 4. The molecule has 0 aliphatic carbocycles. The van der Waals surface area contributed by atoms with Crippen molar-refractivity contribution in [1.82, 2.24) is 4.90 Å². The van der Waals surface area contributed by atoms with Crippen LogP contribution in [0.2, 0.25) is 0 Å². The van der Waals surface area contributed by atoms with Crippen molar-refractivity contribution < 1.29 is 19.0 Å². The average molecular weight is 299 g/mol. The van der Waals surface area contributed by atoms with Gasteiger partial charge in [-0.3, -0.25) is 4.79 Å². The smallest absolute Gasteiger partial charge is 0.248 e. The highest BCUT2D eigenvalue weighted by Crippen LogP contribution is 2.15. The van der Waals surface area contributed by atoms with Crippen molar-refractivity contribution in [2.24, 2.45) is 5.92 Å². The van der Waals surface area contributed by atoms with Gasteiger partial charge in [0, 0.05) is 26.3 Å². The van der Waals surface area contributed by atoms with Crippen LogP contribution in [0.5, 0.6) is 0 Å². The maximum Gasteiger partial charge on any atom is 0.248 e. The number of ether oxygens (including phenoxy) is 3. The zero-order valence-corrected chi connectivity index (χ0v) is 13.4. The van der Waals surface area contributed by atoms with Gasteiger partial charge in [0.25, 0.3) is 0 Å². The minimum Gasteiger partial charge on any atom is -0.378 e. The van der Waals surface area contributed by atoms with Crippen LogP contribution in [0, 0.1) is 5.92 Å². The minimum absolute atomic E-state index is 0.0929. The Bertz CT molecular complexity index is 307. The van der Waals surface area contributed by atoms with Gasteiger partial charge in [0.05, 0.1) is 18.8 Å². The summed E-state index contributed by atoms with van der Waals surface area (Å²) in [6.45, 7) is 8.23. The molecule has 2 fully saturated rings. The molecule has 21 heavy (non-hydrogen) atoms. The van der Waals surface area contributed by atoms with Gasteiger partial charge in [-0.2, -0.15) is 0 Å². The maximum atomic E-state index is 12.1. The van der Waals surface area contributed by atoms with Gasteiger partial charge in [0.2, 0.25) is 5.91 Å². The summed E-state index contributed by atoms with van der Waals surface area (Å²) in [7, 11) is 0. The Morgan fingerprint density at radius 1 is 1.29 bits per heavy atom. The van der Waals surface area contributed by atoms with Crippen molar-refractivity contribution in [2.75, 3.05) is 39.5 Å². The number of amides is 1. The quantitative estimate of drug-likeness (QED) is 0.720. The first-order valence-corrected chi connectivity index (χ1v) is 8.24. The van der Waals surface area contributed by atoms with E-state index in [2.05, 4.69) is 13.8 Å². The Morgan fingerprint density at radius 3 is 2.67 bits per heavy atom. The molecule has 1 amide bonds. The lowest BCUT2D eigenvalue weighted by atomic mass is 10.1. The number of piperidine rings is 1. The van der Waals surface area contributed by atoms with Gasteiger partial charge in [-0.15, -0.1) is 0 Å². The summed E-state index contributed by atoms with van der Waals surface area (Å²) in [5.74, 6) is 0.658. The van der Waals surface area contributed by atoms with E-state index in [-0.39, 0.29) is 18.6 Å². The highest BCUT2D eigenvalue weighted by Gasteiger charge is 2.24. The summed E-state index contributed by atoms with van der Waals surface area (Å²) in [4.78, 5) is 14.0. The monoisotopic (exact) mass is 299 g/mol. The second kappa shape index (κ2) is 8.71. The fraction of sp³-hybridized carbons (Fsp3) is 0.938. The van der Waals surface area contributed by atoms with Gasteiger partial charge < -0.3 is 19.1 Å². The van der Waals surface area contributed by atoms with Gasteiger partial charge >= 0.3 is 0 Å². The lowest BCUT2D eigenvalue weighted by Gasteiger charge is -2.32. The number of nitrogens with zero attached hydrogens (tertiary/aromatic N) is 1. The predicted octanol–water partition coefficient (Wildman–Crippen LogP) is 1.85. The highest BCUT2D eigenvalue weighted by atomic mass is 16.5. The average Bonchev–Trinajstić information content (AvgIpc) is 2.99. The summed E-state index contributed by atoms with van der Waals surface area (Å²) in [6.07, 6.45) is 4.52. The lowest BCUT2D eigenvalue weighted by molar-refractivity contribution is -0.140. The van der Waals surface area contributed by atoms with Gasteiger partial charge in [-0.25, -0.2) is 0 Å². The van der Waals surface area contributed by atoms with E-state index in [1.165, 1.54) is 0 Å². The van der Waals surface area contributed by atoms with Gasteiger partial charge in [-0.05, 0) is 31.6 Å². The van der Waals surface area contributed by atoms with Crippen LogP contribution in [0.1, 0.15) is 39.5 Å². The van der Waals surface area contributed by atoms with E-state index >= 15 is 0 Å². The molecule has 0 aromatic rings. The molecule has 0 aromatic heterocycles. The second-order valence-corrected chi connectivity index (χ2v) is 6.46. The summed E-state index contributed by atoms with van der Waals surface area (Å²) in [5.41, 5.74) is 0. The van der Waals surface area contributed by atoms with Crippen LogP contribution in [0.3, 0.4) is 0 Å². The molecule has 1 unspecified atom stereocenters. The van der Waals surface area contributed by atoms with Gasteiger partial charge in [0.15, 0.2) is 0 Å². The largest absolute Gasteiger partial charge is 0.378 e. The molecule has 0 spiro atoms. The number of likely N-dealkylation sites (tertiary alicyclic amines) is 1. The first kappa shape index (κ1) is 16.7. The molecular weight excluding hydrogens is 270 g/mol. The Labute approximate surface area is 127 Å². The van der Waals surface area contributed by atoms with Crippen LogP contribution in [-0.2, 0) is 19.0 Å². The van der Waals surface area contributed by atoms with E-state index in [1.807, 2.05) is 4.90 Å². The van der Waals surface area contributed by atoms with E-state index in [0.29, 0.717) is 18.6 Å². The Morgan fingerprint density at radius 2 is 2.05 bits per heavy atom. The Kier molecular flexibility index (Phi) is 6.93. The first-order valence-electron chi connectivity index (χ1n) is 8.24. The van der Waals surface area contributed by atoms with Crippen molar-refractivity contribution in [3.63, 3.8) is 0 Å². The molecule has 2 aliphatic heterocycles. The number of hydrogen-bond donors (Lipinski definition) is 0. The normalized spacial score (nSPS) is 24.0. The van der Waals surface area contributed by atoms with E-state index in [0.717, 1.165) is 52.0 Å². The molecule has 0 bridgehead atoms. The van der Waals surface area contributed by atoms with Crippen LogP contribution < -0.4 is 0 Å². The van der Waals surface area contributed by atoms with E-state index in [9.17, 15) is 4.79 Å². The maximum absolute atomic E-state index is 12.1. The van der Waals surface area contributed by atoms with Crippen LogP contribution in [0.15, 0.2) is 0 Å². The number of carbonyl (C=O) groups excluding carboxylic acids is 1. The molecule has 5 nitrogen and oxygen atoms in total. The molecule has 2 rings (SSSR count). The zero-order valence-electron chi connectivity index (χ0n) is 13.4. The fourth-order valence-corrected chi connectivity index (χ4v) is 2.75. The van der Waals surface area contributed by atoms with E-state index < -0.39 is 0 Å². The van der Waals surface area contributed by atoms with Crippen LogP contribution in [-0.4, -0.2) is 62.5 Å². The molecule has 0 radical (unpaired) electrons. The highest BCUT2D eigenvalue weighted by molar-refractivity contribution is 5.77. The molecule has 1 atom stereocenters. The molecule has 2 heterocycles. The summed E-state index contributed by atoms with van der Waals surface area (Å²) in [6, 6.07) is 0. The Hall–Kier alpha value is -0.650. The molecule has 0 N–H and O–H groups in total. The minimum atomic E-state index is 0.0929. The second-order valence-electron chi connectivity index (χ2n) is 6.46. The summed E-state index contributed by atoms with van der Waals surface area (Å²) >= 11 is 0. The SMILES string of the molecule is CC(C)COC1CCN(C(=O)COCC2CCCO2)CC1. The van der Waals surface area contributed by atoms with Crippen LogP contribution in [0.25, 0.3) is 0 Å². The topological polar surface area (TPSA) is 48.0 Å².